The summed E-state index contributed by atoms with van der Waals surface area (Å²) in [6, 6.07) is 0. The van der Waals surface area contributed by atoms with Gasteiger partial charge in [0.25, 0.3) is 0 Å². The molecule has 0 spiro atoms. The zero-order valence-electron chi connectivity index (χ0n) is 19.6. The topological polar surface area (TPSA) is 43.4 Å². The molecule has 3 heteroatoms. The minimum atomic E-state index is 0.0282. The van der Waals surface area contributed by atoms with Gasteiger partial charge in [-0.25, -0.2) is 0 Å². The van der Waals surface area contributed by atoms with E-state index in [0.717, 1.165) is 44.9 Å². The molecule has 0 radical (unpaired) electrons. The van der Waals surface area contributed by atoms with Crippen LogP contribution in [0.4, 0.5) is 0 Å². The third kappa shape index (κ3) is 3.91. The summed E-state index contributed by atoms with van der Waals surface area (Å²) in [5.41, 5.74) is 1.57. The first-order chi connectivity index (χ1) is 14.3. The quantitative estimate of drug-likeness (QED) is 0.368. The fourth-order valence-electron chi connectivity index (χ4n) is 8.20. The van der Waals surface area contributed by atoms with E-state index in [1.807, 2.05) is 6.08 Å². The SMILES string of the molecule is CCCCCCC(=O)OC1CC[C@H]2[C@@H]3C(C)CC4=CC(=O)CC[C@@H]4[C@H]3C(C)C[C@]12C. The number of hydrogen-bond donors (Lipinski definition) is 0. The number of esters is 1. The Balaban J connectivity index is 1.48. The molecular weight excluding hydrogens is 372 g/mol. The molecule has 3 unspecified atom stereocenters. The van der Waals surface area contributed by atoms with Crippen molar-refractivity contribution >= 4 is 11.8 Å². The molecule has 4 rings (SSSR count). The number of ether oxygens (including phenoxy) is 1. The fraction of sp³-hybridized carbons (Fsp3) is 0.852. The van der Waals surface area contributed by atoms with Gasteiger partial charge >= 0.3 is 5.97 Å². The highest BCUT2D eigenvalue weighted by atomic mass is 16.5. The maximum absolute atomic E-state index is 12.6. The maximum Gasteiger partial charge on any atom is 0.306 e. The van der Waals surface area contributed by atoms with Crippen LogP contribution in [0, 0.1) is 40.9 Å². The molecule has 168 valence electrons. The molecule has 0 aromatic rings. The Labute approximate surface area is 183 Å². The lowest BCUT2D eigenvalue weighted by Gasteiger charge is -2.58. The van der Waals surface area contributed by atoms with Gasteiger partial charge in [0.05, 0.1) is 0 Å². The predicted molar refractivity (Wildman–Crippen MR) is 120 cm³/mol. The first kappa shape index (κ1) is 22.1. The van der Waals surface area contributed by atoms with Crippen LogP contribution in [0.25, 0.3) is 0 Å². The van der Waals surface area contributed by atoms with Gasteiger partial charge in [0, 0.05) is 18.3 Å². The molecule has 4 aliphatic carbocycles. The van der Waals surface area contributed by atoms with Crippen LogP contribution in [0.3, 0.4) is 0 Å². The zero-order chi connectivity index (χ0) is 21.5. The van der Waals surface area contributed by atoms with Crippen LogP contribution in [0.5, 0.6) is 0 Å². The second-order valence-electron chi connectivity index (χ2n) is 11.3. The molecule has 0 saturated heterocycles. The second kappa shape index (κ2) is 8.79. The van der Waals surface area contributed by atoms with Crippen LogP contribution < -0.4 is 0 Å². The number of rotatable bonds is 6. The van der Waals surface area contributed by atoms with E-state index in [1.54, 1.807) is 0 Å². The van der Waals surface area contributed by atoms with Gasteiger partial charge < -0.3 is 4.74 Å². The molecule has 3 saturated carbocycles. The van der Waals surface area contributed by atoms with Gasteiger partial charge in [-0.05, 0) is 80.1 Å². The van der Waals surface area contributed by atoms with Crippen LogP contribution in [-0.2, 0) is 14.3 Å². The number of carbonyl (C=O) groups is 2. The van der Waals surface area contributed by atoms with E-state index < -0.39 is 0 Å². The lowest BCUT2D eigenvalue weighted by Crippen LogP contribution is -2.54. The highest BCUT2D eigenvalue weighted by molar-refractivity contribution is 5.91. The van der Waals surface area contributed by atoms with Crippen molar-refractivity contribution in [3.63, 3.8) is 0 Å². The van der Waals surface area contributed by atoms with Crippen LogP contribution in [0.2, 0.25) is 0 Å². The van der Waals surface area contributed by atoms with E-state index in [2.05, 4.69) is 27.7 Å². The molecule has 30 heavy (non-hydrogen) atoms. The molecule has 8 atom stereocenters. The number of hydrogen-bond acceptors (Lipinski definition) is 3. The smallest absolute Gasteiger partial charge is 0.306 e. The number of unbranched alkanes of at least 4 members (excludes halogenated alkanes) is 3. The van der Waals surface area contributed by atoms with Crippen molar-refractivity contribution in [2.45, 2.75) is 104 Å². The van der Waals surface area contributed by atoms with Crippen LogP contribution in [0.1, 0.15) is 98.3 Å². The third-order valence-electron chi connectivity index (χ3n) is 9.36. The molecule has 0 heterocycles. The normalized spacial score (nSPS) is 42.7. The summed E-state index contributed by atoms with van der Waals surface area (Å²) in [4.78, 5) is 24.6. The molecular formula is C27H42O3. The van der Waals surface area contributed by atoms with Gasteiger partial charge in [-0.1, -0.05) is 52.5 Å². The van der Waals surface area contributed by atoms with E-state index in [4.69, 9.17) is 4.74 Å². The summed E-state index contributed by atoms with van der Waals surface area (Å²) < 4.78 is 6.15. The van der Waals surface area contributed by atoms with E-state index in [0.29, 0.717) is 47.7 Å². The highest BCUT2D eigenvalue weighted by Crippen LogP contribution is 2.65. The number of carbonyl (C=O) groups excluding carboxylic acids is 2. The Morgan fingerprint density at radius 1 is 1.10 bits per heavy atom. The summed E-state index contributed by atoms with van der Waals surface area (Å²) >= 11 is 0. The van der Waals surface area contributed by atoms with Crippen molar-refractivity contribution in [3.05, 3.63) is 11.6 Å². The van der Waals surface area contributed by atoms with E-state index >= 15 is 0 Å². The Kier molecular flexibility index (Phi) is 6.47. The maximum atomic E-state index is 12.6. The van der Waals surface area contributed by atoms with Gasteiger partial charge in [-0.2, -0.15) is 0 Å². The van der Waals surface area contributed by atoms with Crippen molar-refractivity contribution in [2.75, 3.05) is 0 Å². The highest BCUT2D eigenvalue weighted by Gasteiger charge is 2.60. The lowest BCUT2D eigenvalue weighted by molar-refractivity contribution is -0.162. The molecule has 0 aliphatic heterocycles. The van der Waals surface area contributed by atoms with Crippen molar-refractivity contribution in [1.29, 1.82) is 0 Å². The summed E-state index contributed by atoms with van der Waals surface area (Å²) in [6.45, 7) is 9.48. The average Bonchev–Trinajstić information content (AvgIpc) is 3.00. The largest absolute Gasteiger partial charge is 0.462 e. The monoisotopic (exact) mass is 414 g/mol. The summed E-state index contributed by atoms with van der Waals surface area (Å²) in [5.74, 6) is 4.31. The van der Waals surface area contributed by atoms with E-state index in [9.17, 15) is 9.59 Å². The molecule has 0 amide bonds. The number of fused-ring (bicyclic) bond motifs is 5. The molecule has 0 bridgehead atoms. The van der Waals surface area contributed by atoms with E-state index in [-0.39, 0.29) is 17.5 Å². The van der Waals surface area contributed by atoms with Gasteiger partial charge in [-0.3, -0.25) is 9.59 Å². The zero-order valence-corrected chi connectivity index (χ0v) is 19.6. The Morgan fingerprint density at radius 3 is 2.67 bits per heavy atom. The minimum absolute atomic E-state index is 0.0282. The van der Waals surface area contributed by atoms with Crippen molar-refractivity contribution in [2.24, 2.45) is 40.9 Å². The van der Waals surface area contributed by atoms with Gasteiger partial charge in [0.1, 0.15) is 6.10 Å². The molecule has 0 aromatic heterocycles. The summed E-state index contributed by atoms with van der Waals surface area (Å²) in [5, 5.41) is 0. The molecule has 3 nitrogen and oxygen atoms in total. The first-order valence-electron chi connectivity index (χ1n) is 12.8. The minimum Gasteiger partial charge on any atom is -0.462 e. The van der Waals surface area contributed by atoms with Crippen molar-refractivity contribution in [1.82, 2.24) is 0 Å². The Hall–Kier alpha value is -1.12. The number of ketones is 1. The Morgan fingerprint density at radius 2 is 1.90 bits per heavy atom. The second-order valence-corrected chi connectivity index (χ2v) is 11.3. The first-order valence-corrected chi connectivity index (χ1v) is 12.8. The van der Waals surface area contributed by atoms with Gasteiger partial charge in [0.2, 0.25) is 0 Å². The average molecular weight is 415 g/mol. The van der Waals surface area contributed by atoms with Crippen LogP contribution in [-0.4, -0.2) is 17.9 Å². The van der Waals surface area contributed by atoms with E-state index in [1.165, 1.54) is 24.8 Å². The number of allylic oxidation sites excluding steroid dienone is 1. The predicted octanol–water partition coefficient (Wildman–Crippen LogP) is 6.50. The van der Waals surface area contributed by atoms with Gasteiger partial charge in [-0.15, -0.1) is 0 Å². The Bertz CT molecular complexity index is 694. The lowest BCUT2D eigenvalue weighted by atomic mass is 9.47. The molecule has 4 aliphatic rings. The molecule has 0 aromatic carbocycles. The summed E-state index contributed by atoms with van der Waals surface area (Å²) in [6.07, 6.45) is 13.5. The van der Waals surface area contributed by atoms with Crippen molar-refractivity contribution in [3.8, 4) is 0 Å². The van der Waals surface area contributed by atoms with Crippen LogP contribution >= 0.6 is 0 Å². The van der Waals surface area contributed by atoms with Gasteiger partial charge in [0.15, 0.2) is 5.78 Å². The molecule has 3 fully saturated rings. The van der Waals surface area contributed by atoms with Crippen molar-refractivity contribution < 1.29 is 14.3 Å². The summed E-state index contributed by atoms with van der Waals surface area (Å²) in [7, 11) is 0. The standard InChI is InChI=1S/C27H42O3/c1-5-6-7-8-9-24(29)30-23-13-12-22-26-17(2)14-19-15-20(28)10-11-21(19)25(26)18(3)16-27(22,23)4/h15,17-18,21-23,25-26H,5-14,16H2,1-4H3/t17?,18?,21-,22-,23?,25+,26-,27-/m0/s1. The fourth-order valence-corrected chi connectivity index (χ4v) is 8.20. The van der Waals surface area contributed by atoms with Crippen LogP contribution in [0.15, 0.2) is 11.6 Å². The molecule has 0 N–H and O–H groups in total. The third-order valence-corrected chi connectivity index (χ3v) is 9.36.